The Morgan fingerprint density at radius 3 is 2.64 bits per heavy atom. The van der Waals surface area contributed by atoms with Gasteiger partial charge in [0.2, 0.25) is 6.79 Å². The van der Waals surface area contributed by atoms with Gasteiger partial charge in [-0.05, 0) is 35.9 Å². The van der Waals surface area contributed by atoms with Crippen molar-refractivity contribution in [2.24, 2.45) is 0 Å². The number of aromatic nitrogens is 2. The molecule has 3 aromatic rings. The summed E-state index contributed by atoms with van der Waals surface area (Å²) in [5.74, 6) is 0.398. The molecule has 0 radical (unpaired) electrons. The zero-order valence-corrected chi connectivity index (χ0v) is 18.1. The van der Waals surface area contributed by atoms with Gasteiger partial charge in [0.05, 0.1) is 16.1 Å². The van der Waals surface area contributed by atoms with Gasteiger partial charge in [0.25, 0.3) is 5.91 Å². The molecule has 2 N–H and O–H groups in total. The molecule has 1 amide bonds. The van der Waals surface area contributed by atoms with Crippen molar-refractivity contribution < 1.29 is 27.4 Å². The number of anilines is 2. The maximum absolute atomic E-state index is 13.9. The van der Waals surface area contributed by atoms with Gasteiger partial charge >= 0.3 is 6.18 Å². The summed E-state index contributed by atoms with van der Waals surface area (Å²) in [5, 5.41) is 10.1. The minimum Gasteiger partial charge on any atom is -0.454 e. The van der Waals surface area contributed by atoms with Crippen LogP contribution in [0.15, 0.2) is 42.5 Å². The van der Waals surface area contributed by atoms with Crippen molar-refractivity contribution in [2.75, 3.05) is 17.4 Å². The van der Waals surface area contributed by atoms with E-state index in [2.05, 4.69) is 15.7 Å². The molecule has 172 valence electrons. The van der Waals surface area contributed by atoms with Crippen LogP contribution < -0.4 is 20.1 Å². The van der Waals surface area contributed by atoms with Crippen molar-refractivity contribution in [3.05, 3.63) is 63.8 Å². The molecule has 2 atom stereocenters. The Kier molecular flexibility index (Phi) is 5.29. The lowest BCUT2D eigenvalue weighted by atomic mass is 9.96. The van der Waals surface area contributed by atoms with E-state index in [1.165, 1.54) is 24.3 Å². The molecular weight excluding hydrogens is 484 g/mol. The minimum atomic E-state index is -4.57. The molecule has 1 aromatic heterocycles. The van der Waals surface area contributed by atoms with Crippen molar-refractivity contribution in [2.45, 2.75) is 24.7 Å². The topological polar surface area (TPSA) is 77.4 Å². The second-order valence-corrected chi connectivity index (χ2v) is 8.36. The van der Waals surface area contributed by atoms with E-state index in [1.54, 1.807) is 18.2 Å². The summed E-state index contributed by atoms with van der Waals surface area (Å²) < 4.78 is 53.1. The number of amides is 1. The number of nitrogens with one attached hydrogen (secondary N) is 2. The highest BCUT2D eigenvalue weighted by Gasteiger charge is 2.47. The molecule has 7 nitrogen and oxygen atoms in total. The lowest BCUT2D eigenvalue weighted by Crippen LogP contribution is -2.35. The Balaban J connectivity index is 1.44. The number of carbonyl (C=O) groups is 1. The Labute approximate surface area is 195 Å². The van der Waals surface area contributed by atoms with Gasteiger partial charge in [-0.2, -0.15) is 18.3 Å². The number of nitrogens with zero attached hydrogens (tertiary/aromatic N) is 2. The number of hydrogen-bond donors (Lipinski definition) is 2. The number of fused-ring (bicyclic) bond motifs is 2. The van der Waals surface area contributed by atoms with E-state index in [0.717, 1.165) is 4.68 Å². The number of carbonyl (C=O) groups excluding carboxylic acids is 1. The van der Waals surface area contributed by atoms with Crippen LogP contribution >= 0.6 is 23.2 Å². The molecular formula is C21H15Cl2F3N4O3. The summed E-state index contributed by atoms with van der Waals surface area (Å²) in [6.07, 6.45) is -4.89. The van der Waals surface area contributed by atoms with E-state index in [-0.39, 0.29) is 29.7 Å². The first kappa shape index (κ1) is 21.7. The van der Waals surface area contributed by atoms with Crippen molar-refractivity contribution in [1.29, 1.82) is 0 Å². The van der Waals surface area contributed by atoms with Crippen LogP contribution in [0.4, 0.5) is 24.7 Å². The van der Waals surface area contributed by atoms with Gasteiger partial charge in [-0.15, -0.1) is 0 Å². The summed E-state index contributed by atoms with van der Waals surface area (Å²) in [7, 11) is 0. The predicted octanol–water partition coefficient (Wildman–Crippen LogP) is 5.83. The van der Waals surface area contributed by atoms with Gasteiger partial charge in [-0.1, -0.05) is 29.3 Å². The molecule has 0 fully saturated rings. The number of hydrogen-bond acceptors (Lipinski definition) is 5. The van der Waals surface area contributed by atoms with Crippen LogP contribution in [-0.4, -0.2) is 28.7 Å². The highest BCUT2D eigenvalue weighted by molar-refractivity contribution is 6.42. The summed E-state index contributed by atoms with van der Waals surface area (Å²) >= 11 is 11.8. The normalized spacial score (nSPS) is 19.1. The zero-order chi connectivity index (χ0) is 23.3. The molecule has 2 aliphatic rings. The van der Waals surface area contributed by atoms with Crippen molar-refractivity contribution in [3.63, 3.8) is 0 Å². The van der Waals surface area contributed by atoms with Gasteiger partial charge in [0, 0.05) is 18.2 Å². The lowest BCUT2D eigenvalue weighted by molar-refractivity contribution is -0.173. The third-order valence-corrected chi connectivity index (χ3v) is 6.14. The minimum absolute atomic E-state index is 0.0616. The van der Waals surface area contributed by atoms with Gasteiger partial charge in [-0.3, -0.25) is 4.79 Å². The standard InChI is InChI=1S/C21H15Cl2F3N4O3/c22-12-3-2-11(6-13(12)23)27-20(31)15-8-19-28-14(7-18(21(24,25)26)30(19)29-15)10-1-4-16-17(5-10)33-9-32-16/h1-6,8,14,18,28H,7,9H2,(H,27,31)/t14-,18+/m1/s1. The van der Waals surface area contributed by atoms with E-state index in [1.807, 2.05) is 0 Å². The SMILES string of the molecule is O=C(Nc1ccc(Cl)c(Cl)c1)c1cc2n(n1)[C@H](C(F)(F)F)C[C@H](c1ccc3c(c1)OCO3)N2. The van der Waals surface area contributed by atoms with Gasteiger partial charge in [0.15, 0.2) is 23.2 Å². The molecule has 2 aliphatic heterocycles. The summed E-state index contributed by atoms with van der Waals surface area (Å²) in [6.45, 7) is 0.0616. The molecule has 0 bridgehead atoms. The Morgan fingerprint density at radius 1 is 1.09 bits per heavy atom. The fourth-order valence-electron chi connectivity index (χ4n) is 3.80. The Bertz CT molecular complexity index is 1250. The Hall–Kier alpha value is -3.11. The highest BCUT2D eigenvalue weighted by atomic mass is 35.5. The van der Waals surface area contributed by atoms with Crippen LogP contribution in [0.5, 0.6) is 11.5 Å². The first-order valence-electron chi connectivity index (χ1n) is 9.78. The summed E-state index contributed by atoms with van der Waals surface area (Å²) in [6, 6.07) is 8.12. The summed E-state index contributed by atoms with van der Waals surface area (Å²) in [4.78, 5) is 12.7. The molecule has 33 heavy (non-hydrogen) atoms. The number of alkyl halides is 3. The Morgan fingerprint density at radius 2 is 1.88 bits per heavy atom. The van der Waals surface area contributed by atoms with Crippen molar-refractivity contribution >= 4 is 40.6 Å². The average Bonchev–Trinajstić information content (AvgIpc) is 3.41. The van der Waals surface area contributed by atoms with Gasteiger partial charge in [-0.25, -0.2) is 4.68 Å². The highest BCUT2D eigenvalue weighted by Crippen LogP contribution is 2.45. The maximum Gasteiger partial charge on any atom is 0.410 e. The first-order valence-corrected chi connectivity index (χ1v) is 10.5. The van der Waals surface area contributed by atoms with E-state index in [9.17, 15) is 18.0 Å². The molecule has 3 heterocycles. The zero-order valence-electron chi connectivity index (χ0n) is 16.6. The van der Waals surface area contributed by atoms with Crippen molar-refractivity contribution in [1.82, 2.24) is 9.78 Å². The number of benzene rings is 2. The fraction of sp³-hybridized carbons (Fsp3) is 0.238. The van der Waals surface area contributed by atoms with Crippen LogP contribution in [-0.2, 0) is 0 Å². The van der Waals surface area contributed by atoms with Crippen LogP contribution in [0.25, 0.3) is 0 Å². The molecule has 0 unspecified atom stereocenters. The second-order valence-electron chi connectivity index (χ2n) is 7.55. The van der Waals surface area contributed by atoms with E-state index >= 15 is 0 Å². The van der Waals surface area contributed by atoms with Gasteiger partial charge < -0.3 is 20.1 Å². The molecule has 0 spiro atoms. The quantitative estimate of drug-likeness (QED) is 0.474. The van der Waals surface area contributed by atoms with E-state index in [0.29, 0.717) is 27.8 Å². The van der Waals surface area contributed by atoms with Gasteiger partial charge in [0.1, 0.15) is 5.82 Å². The second kappa shape index (κ2) is 8.03. The third-order valence-electron chi connectivity index (χ3n) is 5.40. The lowest BCUT2D eigenvalue weighted by Gasteiger charge is -2.33. The van der Waals surface area contributed by atoms with Crippen LogP contribution in [0.1, 0.15) is 34.6 Å². The molecule has 0 aliphatic carbocycles. The fourth-order valence-corrected chi connectivity index (χ4v) is 4.10. The van der Waals surface area contributed by atoms with Crippen LogP contribution in [0.2, 0.25) is 10.0 Å². The predicted molar refractivity (Wildman–Crippen MR) is 115 cm³/mol. The van der Waals surface area contributed by atoms with E-state index in [4.69, 9.17) is 32.7 Å². The van der Waals surface area contributed by atoms with Crippen molar-refractivity contribution in [3.8, 4) is 11.5 Å². The smallest absolute Gasteiger partial charge is 0.410 e. The third kappa shape index (κ3) is 4.16. The number of halogens is 5. The van der Waals surface area contributed by atoms with Crippen LogP contribution in [0.3, 0.4) is 0 Å². The monoisotopic (exact) mass is 498 g/mol. The molecule has 0 saturated carbocycles. The summed E-state index contributed by atoms with van der Waals surface area (Å²) in [5.41, 5.74) is 0.755. The number of ether oxygens (including phenoxy) is 2. The molecule has 2 aromatic carbocycles. The molecule has 5 rings (SSSR count). The van der Waals surface area contributed by atoms with E-state index < -0.39 is 24.2 Å². The number of rotatable bonds is 3. The largest absolute Gasteiger partial charge is 0.454 e. The maximum atomic E-state index is 13.9. The average molecular weight is 499 g/mol. The van der Waals surface area contributed by atoms with Crippen LogP contribution in [0, 0.1) is 0 Å². The molecule has 0 saturated heterocycles. The molecule has 12 heteroatoms. The first-order chi connectivity index (χ1) is 15.7.